The molecule has 0 radical (unpaired) electrons. The number of rotatable bonds is 6. The van der Waals surface area contributed by atoms with E-state index in [1.807, 2.05) is 35.2 Å². The summed E-state index contributed by atoms with van der Waals surface area (Å²) in [5.74, 6) is 0.0749. The fourth-order valence-electron chi connectivity index (χ4n) is 4.72. The van der Waals surface area contributed by atoms with Crippen molar-refractivity contribution < 1.29 is 14.4 Å². The number of hydrogen-bond donors (Lipinski definition) is 1. The first-order chi connectivity index (χ1) is 17.5. The van der Waals surface area contributed by atoms with Crippen LogP contribution in [0.3, 0.4) is 0 Å². The van der Waals surface area contributed by atoms with Gasteiger partial charge in [0.1, 0.15) is 4.88 Å². The molecule has 1 saturated heterocycles. The Hall–Kier alpha value is -3.48. The molecule has 1 aliphatic rings. The summed E-state index contributed by atoms with van der Waals surface area (Å²) in [4.78, 5) is 40.1. The van der Waals surface area contributed by atoms with Crippen LogP contribution in [0.15, 0.2) is 72.8 Å². The highest BCUT2D eigenvalue weighted by Gasteiger charge is 2.25. The molecule has 1 aromatic heterocycles. The molecule has 36 heavy (non-hydrogen) atoms. The van der Waals surface area contributed by atoms with E-state index in [4.69, 9.17) is 11.6 Å². The summed E-state index contributed by atoms with van der Waals surface area (Å²) in [7, 11) is 0. The average Bonchev–Trinajstić information content (AvgIpc) is 3.26. The zero-order valence-electron chi connectivity index (χ0n) is 19.6. The van der Waals surface area contributed by atoms with Crippen molar-refractivity contribution in [2.75, 3.05) is 18.4 Å². The van der Waals surface area contributed by atoms with Gasteiger partial charge in [-0.05, 0) is 55.0 Å². The monoisotopic (exact) mass is 516 g/mol. The molecule has 0 spiro atoms. The molecular weight excluding hydrogens is 492 g/mol. The van der Waals surface area contributed by atoms with E-state index in [1.54, 1.807) is 18.2 Å². The van der Waals surface area contributed by atoms with Crippen molar-refractivity contribution in [3.63, 3.8) is 0 Å². The number of halogens is 1. The summed E-state index contributed by atoms with van der Waals surface area (Å²) < 4.78 is 0.914. The van der Waals surface area contributed by atoms with Gasteiger partial charge in [-0.25, -0.2) is 0 Å². The van der Waals surface area contributed by atoms with Crippen LogP contribution in [0.2, 0.25) is 5.02 Å². The van der Waals surface area contributed by atoms with Gasteiger partial charge in [0, 0.05) is 34.3 Å². The van der Waals surface area contributed by atoms with Crippen LogP contribution in [0.4, 0.5) is 5.69 Å². The first kappa shape index (κ1) is 24.2. The molecule has 5 rings (SSSR count). The third-order valence-electron chi connectivity index (χ3n) is 6.68. The number of amides is 2. The molecule has 0 unspecified atom stereocenters. The van der Waals surface area contributed by atoms with Crippen LogP contribution < -0.4 is 5.32 Å². The highest BCUT2D eigenvalue weighted by Crippen LogP contribution is 2.35. The van der Waals surface area contributed by atoms with Crippen molar-refractivity contribution in [2.24, 2.45) is 5.92 Å². The molecule has 0 bridgehead atoms. The first-order valence-electron chi connectivity index (χ1n) is 11.9. The normalized spacial score (nSPS) is 14.1. The quantitative estimate of drug-likeness (QED) is 0.289. The van der Waals surface area contributed by atoms with E-state index < -0.39 is 0 Å². The predicted octanol–water partition coefficient (Wildman–Crippen LogP) is 6.71. The number of carbonyl (C=O) groups excluding carboxylic acids is 3. The second-order valence-corrected chi connectivity index (χ2v) is 10.5. The zero-order valence-corrected chi connectivity index (χ0v) is 21.1. The van der Waals surface area contributed by atoms with Gasteiger partial charge in [-0.3, -0.25) is 14.4 Å². The number of thiophene rings is 1. The van der Waals surface area contributed by atoms with Gasteiger partial charge in [-0.2, -0.15) is 0 Å². The number of nitrogens with one attached hydrogen (secondary N) is 1. The summed E-state index contributed by atoms with van der Waals surface area (Å²) in [5.41, 5.74) is 2.37. The Balaban J connectivity index is 1.25. The number of carbonyl (C=O) groups is 3. The van der Waals surface area contributed by atoms with Crippen LogP contribution in [0.25, 0.3) is 10.1 Å². The molecule has 1 N–H and O–H groups in total. The SMILES string of the molecule is O=Cc1cc(C(=O)N2CCC(Cc3ccccc3)CC2)ccc1NC(=O)c1sc2ccccc2c1Cl. The van der Waals surface area contributed by atoms with E-state index >= 15 is 0 Å². The third kappa shape index (κ3) is 5.06. The smallest absolute Gasteiger partial charge is 0.267 e. The topological polar surface area (TPSA) is 66.5 Å². The number of anilines is 1. The van der Waals surface area contributed by atoms with E-state index in [9.17, 15) is 14.4 Å². The van der Waals surface area contributed by atoms with Gasteiger partial charge in [0.05, 0.1) is 10.7 Å². The van der Waals surface area contributed by atoms with Crippen LogP contribution in [-0.2, 0) is 6.42 Å². The van der Waals surface area contributed by atoms with Crippen molar-refractivity contribution in [3.05, 3.63) is 99.4 Å². The molecule has 0 saturated carbocycles. The largest absolute Gasteiger partial charge is 0.339 e. The highest BCUT2D eigenvalue weighted by molar-refractivity contribution is 7.21. The van der Waals surface area contributed by atoms with E-state index in [-0.39, 0.29) is 17.4 Å². The van der Waals surface area contributed by atoms with Crippen molar-refractivity contribution in [1.29, 1.82) is 0 Å². The number of benzene rings is 3. The Morgan fingerprint density at radius 2 is 1.72 bits per heavy atom. The molecule has 5 nitrogen and oxygen atoms in total. The summed E-state index contributed by atoms with van der Waals surface area (Å²) >= 11 is 7.73. The van der Waals surface area contributed by atoms with Crippen LogP contribution in [0.5, 0.6) is 0 Å². The lowest BCUT2D eigenvalue weighted by Crippen LogP contribution is -2.39. The maximum absolute atomic E-state index is 13.1. The van der Waals surface area contributed by atoms with Gasteiger partial charge < -0.3 is 10.2 Å². The molecular formula is C29H25ClN2O3S. The lowest BCUT2D eigenvalue weighted by Gasteiger charge is -2.32. The Morgan fingerprint density at radius 1 is 1.00 bits per heavy atom. The molecule has 1 fully saturated rings. The lowest BCUT2D eigenvalue weighted by atomic mass is 9.90. The van der Waals surface area contributed by atoms with Crippen LogP contribution in [0.1, 0.15) is 48.8 Å². The minimum Gasteiger partial charge on any atom is -0.339 e. The summed E-state index contributed by atoms with van der Waals surface area (Å²) in [5, 5.41) is 3.99. The number of piperidine rings is 1. The second-order valence-electron chi connectivity index (χ2n) is 9.04. The summed E-state index contributed by atoms with van der Waals surface area (Å²) in [6, 6.07) is 22.8. The molecule has 1 aliphatic heterocycles. The number of nitrogens with zero attached hydrogens (tertiary/aromatic N) is 1. The van der Waals surface area contributed by atoms with Gasteiger partial charge in [-0.1, -0.05) is 60.1 Å². The minimum atomic E-state index is -0.385. The minimum absolute atomic E-state index is 0.0957. The van der Waals surface area contributed by atoms with Crippen LogP contribution in [-0.4, -0.2) is 36.1 Å². The molecule has 182 valence electrons. The van der Waals surface area contributed by atoms with Crippen molar-refractivity contribution in [2.45, 2.75) is 19.3 Å². The maximum atomic E-state index is 13.1. The van der Waals surface area contributed by atoms with E-state index in [2.05, 4.69) is 29.6 Å². The van der Waals surface area contributed by atoms with Gasteiger partial charge in [0.2, 0.25) is 0 Å². The van der Waals surface area contributed by atoms with E-state index in [0.717, 1.165) is 29.3 Å². The fraction of sp³-hybridized carbons (Fsp3) is 0.207. The number of likely N-dealkylation sites (tertiary alicyclic amines) is 1. The standard InChI is InChI=1S/C29H25ClN2O3S/c30-26-23-8-4-5-9-25(23)36-27(26)28(34)31-24-11-10-21(17-22(24)18-33)29(35)32-14-12-20(13-15-32)16-19-6-2-1-3-7-19/h1-11,17-18,20H,12-16H2,(H,31,34). The van der Waals surface area contributed by atoms with E-state index in [1.165, 1.54) is 16.9 Å². The molecule has 2 amide bonds. The molecule has 3 aromatic carbocycles. The number of aldehydes is 1. The Morgan fingerprint density at radius 3 is 2.44 bits per heavy atom. The fourth-order valence-corrected chi connectivity index (χ4v) is 6.13. The van der Waals surface area contributed by atoms with Crippen LogP contribution in [0, 0.1) is 5.92 Å². The van der Waals surface area contributed by atoms with Crippen molar-refractivity contribution in [1.82, 2.24) is 4.90 Å². The van der Waals surface area contributed by atoms with Crippen molar-refractivity contribution in [3.8, 4) is 0 Å². The van der Waals surface area contributed by atoms with Gasteiger partial charge in [-0.15, -0.1) is 11.3 Å². The Kier molecular flexibility index (Phi) is 7.16. The van der Waals surface area contributed by atoms with Crippen molar-refractivity contribution >= 4 is 56.8 Å². The number of hydrogen-bond acceptors (Lipinski definition) is 4. The first-order valence-corrected chi connectivity index (χ1v) is 13.1. The van der Waals surface area contributed by atoms with Gasteiger partial charge >= 0.3 is 0 Å². The van der Waals surface area contributed by atoms with E-state index in [0.29, 0.717) is 46.4 Å². The average molecular weight is 517 g/mol. The third-order valence-corrected chi connectivity index (χ3v) is 8.36. The second kappa shape index (κ2) is 10.6. The van der Waals surface area contributed by atoms with Gasteiger partial charge in [0.25, 0.3) is 11.8 Å². The highest BCUT2D eigenvalue weighted by atomic mass is 35.5. The lowest BCUT2D eigenvalue weighted by molar-refractivity contribution is 0.0690. The zero-order chi connectivity index (χ0) is 25.1. The predicted molar refractivity (Wildman–Crippen MR) is 145 cm³/mol. The van der Waals surface area contributed by atoms with Gasteiger partial charge in [0.15, 0.2) is 6.29 Å². The summed E-state index contributed by atoms with van der Waals surface area (Å²) in [6.45, 7) is 1.38. The molecule has 4 aromatic rings. The maximum Gasteiger partial charge on any atom is 0.267 e. The molecule has 0 aliphatic carbocycles. The summed E-state index contributed by atoms with van der Waals surface area (Å²) in [6.07, 6.45) is 3.58. The Bertz CT molecular complexity index is 1430. The molecule has 7 heteroatoms. The molecule has 2 heterocycles. The molecule has 0 atom stereocenters. The number of fused-ring (bicyclic) bond motifs is 1. The van der Waals surface area contributed by atoms with Crippen LogP contribution >= 0.6 is 22.9 Å². The Labute approximate surface area is 218 Å².